The Bertz CT molecular complexity index is 2620. The van der Waals surface area contributed by atoms with Crippen LogP contribution in [0, 0.1) is 5.41 Å². The first-order valence-electron chi connectivity index (χ1n) is 25.0. The van der Waals surface area contributed by atoms with Crippen molar-refractivity contribution < 1.29 is 70.3 Å². The second kappa shape index (κ2) is 24.4. The highest BCUT2D eigenvalue weighted by molar-refractivity contribution is 7.89. The fourth-order valence-corrected chi connectivity index (χ4v) is 11.2. The van der Waals surface area contributed by atoms with Gasteiger partial charge in [0.2, 0.25) is 15.8 Å². The third-order valence-corrected chi connectivity index (χ3v) is 15.7. The quantitative estimate of drug-likeness (QED) is 0.0644. The molecule has 0 bridgehead atoms. The number of nitrogens with zero attached hydrogens (tertiary/aromatic N) is 2. The number of nitrogens with one attached hydrogen (secondary N) is 2. The topological polar surface area (TPSA) is 232 Å². The van der Waals surface area contributed by atoms with Gasteiger partial charge in [0.05, 0.1) is 82.8 Å². The Morgan fingerprint density at radius 2 is 1.60 bits per heavy atom. The molecule has 3 fully saturated rings. The van der Waals surface area contributed by atoms with Crippen molar-refractivity contribution in [3.05, 3.63) is 82.9 Å². The maximum Gasteiger partial charge on any atom is 0.291 e. The normalized spacial score (nSPS) is 19.4. The van der Waals surface area contributed by atoms with Gasteiger partial charge in [-0.1, -0.05) is 45.0 Å². The van der Waals surface area contributed by atoms with Crippen LogP contribution in [-0.4, -0.2) is 157 Å². The molecule has 1 spiro atoms. The third kappa shape index (κ3) is 13.1. The number of sulfonamides is 1. The van der Waals surface area contributed by atoms with E-state index < -0.39 is 56.6 Å². The molecular formula is C53H68N4O15S. The minimum atomic E-state index is -3.56. The number of benzene rings is 3. The number of rotatable bonds is 26. The van der Waals surface area contributed by atoms with Gasteiger partial charge in [0.25, 0.3) is 23.6 Å². The van der Waals surface area contributed by atoms with Crippen molar-refractivity contribution in [1.82, 2.24) is 19.8 Å². The molecule has 4 amide bonds. The Hall–Kier alpha value is -5.93. The molecule has 2 N–H and O–H groups in total. The summed E-state index contributed by atoms with van der Waals surface area (Å²) in [6.45, 7) is 6.74. The summed E-state index contributed by atoms with van der Waals surface area (Å²) in [4.78, 5) is 83.7. The molecule has 0 aromatic heterocycles. The van der Waals surface area contributed by atoms with Crippen LogP contribution in [0.5, 0.6) is 23.0 Å². The number of fused-ring (bicyclic) bond motifs is 1. The number of piperidine rings is 1. The third-order valence-electron chi connectivity index (χ3n) is 14.2. The van der Waals surface area contributed by atoms with E-state index in [2.05, 4.69) is 10.0 Å². The number of aryl methyl sites for hydroxylation is 1. The molecule has 3 saturated heterocycles. The summed E-state index contributed by atoms with van der Waals surface area (Å²) >= 11 is 0. The van der Waals surface area contributed by atoms with Crippen molar-refractivity contribution >= 4 is 45.2 Å². The summed E-state index contributed by atoms with van der Waals surface area (Å²) in [5.74, 6) is -1.22. The van der Waals surface area contributed by atoms with Gasteiger partial charge in [-0.3, -0.25) is 33.7 Å². The van der Waals surface area contributed by atoms with Gasteiger partial charge in [-0.25, -0.2) is 13.1 Å². The molecule has 396 valence electrons. The van der Waals surface area contributed by atoms with Crippen LogP contribution >= 0.6 is 0 Å². The SMILES string of the molecule is CCC(C)(C)C(=O)C(=O)N1CCCCC1C(=O)C[C@H](CCc1ccc(OC)c(OC)c1)c1cccc(OCC(=O)NCCOCCOCCOc2cccc3c2C(=O)N(C2CCS(=O)(=O)NC24COC4)C3=O)c1. The molecule has 19 nitrogen and oxygen atoms in total. The Kier molecular flexibility index (Phi) is 18.3. The van der Waals surface area contributed by atoms with Crippen molar-refractivity contribution in [3.63, 3.8) is 0 Å². The average molecular weight is 1030 g/mol. The van der Waals surface area contributed by atoms with Gasteiger partial charge in [0.15, 0.2) is 23.9 Å². The van der Waals surface area contributed by atoms with E-state index in [1.54, 1.807) is 52.3 Å². The monoisotopic (exact) mass is 1030 g/mol. The first-order valence-corrected chi connectivity index (χ1v) is 26.6. The van der Waals surface area contributed by atoms with Crippen molar-refractivity contribution in [3.8, 4) is 23.0 Å². The number of methoxy groups -OCH3 is 2. The summed E-state index contributed by atoms with van der Waals surface area (Å²) in [7, 11) is -0.411. The number of carbonyl (C=O) groups excluding carboxylic acids is 6. The molecule has 0 aliphatic carbocycles. The van der Waals surface area contributed by atoms with Crippen LogP contribution in [0.3, 0.4) is 0 Å². The largest absolute Gasteiger partial charge is 0.493 e. The summed E-state index contributed by atoms with van der Waals surface area (Å²) in [5, 5.41) is 2.78. The lowest BCUT2D eigenvalue weighted by atomic mass is 9.82. The van der Waals surface area contributed by atoms with Crippen molar-refractivity contribution in [2.24, 2.45) is 5.41 Å². The van der Waals surface area contributed by atoms with Gasteiger partial charge < -0.3 is 43.4 Å². The Labute approximate surface area is 426 Å². The average Bonchev–Trinajstić information content (AvgIpc) is 3.64. The van der Waals surface area contributed by atoms with Crippen molar-refractivity contribution in [2.75, 3.05) is 85.9 Å². The van der Waals surface area contributed by atoms with Crippen LogP contribution < -0.4 is 29.0 Å². The summed E-state index contributed by atoms with van der Waals surface area (Å²) in [5.41, 5.74) is 0.250. The summed E-state index contributed by atoms with van der Waals surface area (Å²) in [6, 6.07) is 16.4. The van der Waals surface area contributed by atoms with Crippen molar-refractivity contribution in [1.29, 1.82) is 0 Å². The highest BCUT2D eigenvalue weighted by atomic mass is 32.2. The summed E-state index contributed by atoms with van der Waals surface area (Å²) < 4.78 is 66.6. The molecular weight excluding hydrogens is 965 g/mol. The minimum absolute atomic E-state index is 0.0619. The molecule has 4 heterocycles. The first-order chi connectivity index (χ1) is 35.0. The number of hydrogen-bond donors (Lipinski definition) is 2. The van der Waals surface area contributed by atoms with E-state index in [9.17, 15) is 37.2 Å². The number of likely N-dealkylation sites (tertiary alicyclic amines) is 1. The molecule has 0 radical (unpaired) electrons. The lowest BCUT2D eigenvalue weighted by Crippen LogP contribution is -2.75. The maximum absolute atomic E-state index is 14.3. The highest BCUT2D eigenvalue weighted by Crippen LogP contribution is 2.40. The first kappa shape index (κ1) is 54.8. The maximum atomic E-state index is 14.3. The fraction of sp³-hybridized carbons (Fsp3) is 0.547. The lowest BCUT2D eigenvalue weighted by molar-refractivity contribution is -0.153. The van der Waals surface area contributed by atoms with E-state index in [0.29, 0.717) is 49.5 Å². The Balaban J connectivity index is 0.849. The second-order valence-electron chi connectivity index (χ2n) is 19.5. The molecule has 7 rings (SSSR count). The number of hydrogen-bond acceptors (Lipinski definition) is 15. The van der Waals surface area contributed by atoms with Crippen LogP contribution in [0.4, 0.5) is 0 Å². The zero-order chi connectivity index (χ0) is 52.3. The molecule has 0 saturated carbocycles. The molecule has 2 unspecified atom stereocenters. The van der Waals surface area contributed by atoms with Gasteiger partial charge in [-0.2, -0.15) is 0 Å². The zero-order valence-electron chi connectivity index (χ0n) is 42.4. The molecule has 20 heteroatoms. The highest BCUT2D eigenvalue weighted by Gasteiger charge is 2.58. The van der Waals surface area contributed by atoms with Crippen molar-refractivity contribution in [2.45, 2.75) is 95.7 Å². The van der Waals surface area contributed by atoms with Gasteiger partial charge >= 0.3 is 0 Å². The standard InChI is InChI=1S/C53H68N4O15S/c1-6-52(2,3)48(60)51(63)56-22-8-7-14-40(56)41(58)31-37(18-16-35-17-19-42(66-4)44(29-35)67-5)36-11-9-12-38(30-36)72-32-46(59)54-21-23-68-24-25-69-26-27-71-43-15-10-13-39-47(43)50(62)57(49(39)61)45-20-28-73(64,65)55-53(45)33-70-34-53/h9-13,15,17,19,29-30,37,40,45,55H,6-8,14,16,18,20-28,31-34H2,1-5H3,(H,54,59)/t37-,40?,45?/m0/s1. The lowest BCUT2D eigenvalue weighted by Gasteiger charge is -2.51. The molecule has 4 aliphatic heterocycles. The van der Waals surface area contributed by atoms with E-state index >= 15 is 0 Å². The molecule has 3 aromatic rings. The van der Waals surface area contributed by atoms with Gasteiger partial charge in [0.1, 0.15) is 23.6 Å². The van der Waals surface area contributed by atoms with Gasteiger partial charge in [-0.05, 0) is 98.4 Å². The van der Waals surface area contributed by atoms with E-state index in [1.807, 2.05) is 43.3 Å². The molecule has 3 aromatic carbocycles. The Morgan fingerprint density at radius 3 is 2.33 bits per heavy atom. The van der Waals surface area contributed by atoms with Crippen LogP contribution in [0.25, 0.3) is 0 Å². The summed E-state index contributed by atoms with van der Waals surface area (Å²) in [6.07, 6.45) is 3.89. The van der Waals surface area contributed by atoms with E-state index in [4.69, 9.17) is 33.2 Å². The van der Waals surface area contributed by atoms with Crippen LogP contribution in [0.2, 0.25) is 0 Å². The Morgan fingerprint density at radius 1 is 0.863 bits per heavy atom. The van der Waals surface area contributed by atoms with Crippen LogP contribution in [0.15, 0.2) is 60.7 Å². The number of carbonyl (C=O) groups is 6. The van der Waals surface area contributed by atoms with Gasteiger partial charge in [-0.15, -0.1) is 0 Å². The number of amides is 4. The zero-order valence-corrected chi connectivity index (χ0v) is 43.2. The number of ketones is 2. The predicted octanol–water partition coefficient (Wildman–Crippen LogP) is 4.43. The van der Waals surface area contributed by atoms with E-state index in [0.717, 1.165) is 28.9 Å². The van der Waals surface area contributed by atoms with E-state index in [-0.39, 0.29) is 112 Å². The number of ether oxygens (including phenoxy) is 7. The molecule has 73 heavy (non-hydrogen) atoms. The number of imide groups is 1. The minimum Gasteiger partial charge on any atom is -0.493 e. The molecule has 4 aliphatic rings. The second-order valence-corrected chi connectivity index (χ2v) is 21.3. The van der Waals surface area contributed by atoms with E-state index in [1.165, 1.54) is 4.90 Å². The smallest absolute Gasteiger partial charge is 0.291 e. The fourth-order valence-electron chi connectivity index (χ4n) is 9.68. The van der Waals surface area contributed by atoms with Crippen LogP contribution in [-0.2, 0) is 49.8 Å². The molecule has 3 atom stereocenters. The number of Topliss-reactive ketones (excluding diaryl/α,β-unsaturated/α-hetero) is 2. The van der Waals surface area contributed by atoms with Crippen LogP contribution in [0.1, 0.15) is 103 Å². The van der Waals surface area contributed by atoms with Gasteiger partial charge in [0, 0.05) is 24.9 Å². The predicted molar refractivity (Wildman–Crippen MR) is 267 cm³/mol.